The first-order chi connectivity index (χ1) is 6.50. The molecule has 0 aromatic carbocycles. The maximum Gasteiger partial charge on any atom is 0.106 e. The van der Waals surface area contributed by atoms with Gasteiger partial charge in [-0.25, -0.2) is 4.98 Å². The molecular formula is C11H20N2S. The van der Waals surface area contributed by atoms with E-state index in [9.17, 15) is 0 Å². The van der Waals surface area contributed by atoms with Crippen molar-refractivity contribution in [1.82, 2.24) is 10.3 Å². The molecule has 0 saturated heterocycles. The van der Waals surface area contributed by atoms with Crippen LogP contribution in [0.5, 0.6) is 0 Å². The third kappa shape index (κ3) is 3.76. The van der Waals surface area contributed by atoms with Gasteiger partial charge in [0.25, 0.3) is 0 Å². The van der Waals surface area contributed by atoms with Gasteiger partial charge >= 0.3 is 0 Å². The summed E-state index contributed by atoms with van der Waals surface area (Å²) in [4.78, 5) is 4.23. The molecular weight excluding hydrogens is 192 g/mol. The van der Waals surface area contributed by atoms with Gasteiger partial charge in [0.05, 0.1) is 0 Å². The molecule has 3 heteroatoms. The lowest BCUT2D eigenvalue weighted by molar-refractivity contribution is 0.252. The van der Waals surface area contributed by atoms with E-state index in [0.29, 0.717) is 11.3 Å². The fourth-order valence-electron chi connectivity index (χ4n) is 1.04. The summed E-state index contributed by atoms with van der Waals surface area (Å²) in [5, 5.41) is 6.63. The summed E-state index contributed by atoms with van der Waals surface area (Å²) in [5.41, 5.74) is 0.385. The molecule has 1 rings (SSSR count). The van der Waals surface area contributed by atoms with Gasteiger partial charge in [0.1, 0.15) is 5.01 Å². The molecule has 80 valence electrons. The Hall–Kier alpha value is -0.410. The molecule has 0 spiro atoms. The Morgan fingerprint density at radius 2 is 2.21 bits per heavy atom. The third-order valence-corrected chi connectivity index (χ3v) is 3.47. The minimum atomic E-state index is 0.385. The maximum absolute atomic E-state index is 4.23. The fourth-order valence-corrected chi connectivity index (χ4v) is 1.63. The Labute approximate surface area is 90.8 Å². The van der Waals surface area contributed by atoms with Gasteiger partial charge in [0.15, 0.2) is 0 Å². The molecule has 1 aromatic heterocycles. The highest BCUT2D eigenvalue weighted by molar-refractivity contribution is 7.09. The van der Waals surface area contributed by atoms with E-state index in [4.69, 9.17) is 0 Å². The average Bonchev–Trinajstić information content (AvgIpc) is 2.55. The maximum atomic E-state index is 4.23. The summed E-state index contributed by atoms with van der Waals surface area (Å²) in [6, 6.07) is 0. The van der Waals surface area contributed by atoms with Gasteiger partial charge in [-0.3, -0.25) is 0 Å². The van der Waals surface area contributed by atoms with Crippen LogP contribution in [0.2, 0.25) is 0 Å². The lowest BCUT2D eigenvalue weighted by Gasteiger charge is -2.27. The molecule has 0 aliphatic rings. The highest BCUT2D eigenvalue weighted by atomic mass is 32.1. The number of hydrogen-bond donors (Lipinski definition) is 1. The molecule has 2 nitrogen and oxygen atoms in total. The molecule has 1 heterocycles. The lowest BCUT2D eigenvalue weighted by atomic mass is 9.82. The second-order valence-electron chi connectivity index (χ2n) is 4.82. The zero-order valence-electron chi connectivity index (χ0n) is 9.50. The van der Waals surface area contributed by atoms with Crippen molar-refractivity contribution in [3.8, 4) is 0 Å². The Morgan fingerprint density at radius 1 is 1.50 bits per heavy atom. The number of hydrogen-bond acceptors (Lipinski definition) is 3. The highest BCUT2D eigenvalue weighted by Crippen LogP contribution is 2.24. The van der Waals surface area contributed by atoms with Crippen molar-refractivity contribution in [2.45, 2.75) is 34.2 Å². The van der Waals surface area contributed by atoms with Crippen LogP contribution in [0.4, 0.5) is 0 Å². The molecule has 14 heavy (non-hydrogen) atoms. The van der Waals surface area contributed by atoms with Crippen molar-refractivity contribution in [1.29, 1.82) is 0 Å². The van der Waals surface area contributed by atoms with Gasteiger partial charge in [-0.1, -0.05) is 27.7 Å². The van der Waals surface area contributed by atoms with Crippen LogP contribution in [0.1, 0.15) is 32.7 Å². The van der Waals surface area contributed by atoms with Gasteiger partial charge in [-0.15, -0.1) is 11.3 Å². The molecule has 1 aromatic rings. The van der Waals surface area contributed by atoms with Crippen LogP contribution in [-0.4, -0.2) is 11.5 Å². The quantitative estimate of drug-likeness (QED) is 0.830. The zero-order chi connectivity index (χ0) is 10.6. The zero-order valence-corrected chi connectivity index (χ0v) is 10.3. The topological polar surface area (TPSA) is 24.9 Å². The van der Waals surface area contributed by atoms with Gasteiger partial charge in [0, 0.05) is 18.1 Å². The van der Waals surface area contributed by atoms with E-state index in [2.05, 4.69) is 38.0 Å². The van der Waals surface area contributed by atoms with E-state index in [1.807, 2.05) is 11.6 Å². The normalized spacial score (nSPS) is 14.3. The van der Waals surface area contributed by atoms with Crippen LogP contribution in [0.25, 0.3) is 0 Å². The summed E-state index contributed by atoms with van der Waals surface area (Å²) in [7, 11) is 0. The average molecular weight is 212 g/mol. The van der Waals surface area contributed by atoms with E-state index < -0.39 is 0 Å². The first kappa shape index (κ1) is 11.7. The summed E-state index contributed by atoms with van der Waals surface area (Å²) < 4.78 is 0. The van der Waals surface area contributed by atoms with E-state index in [0.717, 1.165) is 13.1 Å². The van der Waals surface area contributed by atoms with Crippen molar-refractivity contribution in [3.05, 3.63) is 16.6 Å². The van der Waals surface area contributed by atoms with Crippen molar-refractivity contribution < 1.29 is 0 Å². The predicted molar refractivity (Wildman–Crippen MR) is 62.4 cm³/mol. The predicted octanol–water partition coefficient (Wildman–Crippen LogP) is 2.91. The Morgan fingerprint density at radius 3 is 2.71 bits per heavy atom. The monoisotopic (exact) mass is 212 g/mol. The number of rotatable bonds is 4. The van der Waals surface area contributed by atoms with Crippen LogP contribution in [0.3, 0.4) is 0 Å². The summed E-state index contributed by atoms with van der Waals surface area (Å²) >= 11 is 1.71. The van der Waals surface area contributed by atoms with Crippen molar-refractivity contribution in [2.75, 3.05) is 6.54 Å². The highest BCUT2D eigenvalue weighted by Gasteiger charge is 2.19. The fraction of sp³-hybridized carbons (Fsp3) is 0.727. The van der Waals surface area contributed by atoms with Gasteiger partial charge in [0.2, 0.25) is 0 Å². The smallest absolute Gasteiger partial charge is 0.106 e. The van der Waals surface area contributed by atoms with Crippen LogP contribution in [0, 0.1) is 11.3 Å². The van der Waals surface area contributed by atoms with E-state index in [1.165, 1.54) is 5.01 Å². The van der Waals surface area contributed by atoms with Gasteiger partial charge < -0.3 is 5.32 Å². The molecule has 1 N–H and O–H groups in total. The summed E-state index contributed by atoms with van der Waals surface area (Å²) in [6.07, 6.45) is 1.86. The second kappa shape index (κ2) is 4.89. The molecule has 0 aliphatic carbocycles. The molecule has 0 saturated carbocycles. The number of nitrogens with one attached hydrogen (secondary N) is 1. The molecule has 0 aliphatic heterocycles. The van der Waals surface area contributed by atoms with Gasteiger partial charge in [-0.2, -0.15) is 0 Å². The van der Waals surface area contributed by atoms with Crippen molar-refractivity contribution in [2.24, 2.45) is 11.3 Å². The second-order valence-corrected chi connectivity index (χ2v) is 5.80. The van der Waals surface area contributed by atoms with Crippen molar-refractivity contribution in [3.63, 3.8) is 0 Å². The van der Waals surface area contributed by atoms with Crippen LogP contribution >= 0.6 is 11.3 Å². The lowest BCUT2D eigenvalue weighted by Crippen LogP contribution is -2.29. The Bertz CT molecular complexity index is 249. The van der Waals surface area contributed by atoms with Crippen molar-refractivity contribution >= 4 is 11.3 Å². The number of thiazole rings is 1. The summed E-state index contributed by atoms with van der Waals surface area (Å²) in [6.45, 7) is 11.1. The van der Waals surface area contributed by atoms with E-state index in [1.54, 1.807) is 11.3 Å². The Kier molecular flexibility index (Phi) is 4.08. The molecule has 0 bridgehead atoms. The Balaban J connectivity index is 2.22. The first-order valence-electron chi connectivity index (χ1n) is 5.09. The van der Waals surface area contributed by atoms with Gasteiger partial charge in [-0.05, 0) is 17.9 Å². The standard InChI is InChI=1S/C11H20N2S/c1-9(11(2,3)4)7-12-8-10-13-5-6-14-10/h5-6,9,12H,7-8H2,1-4H3. The number of nitrogens with zero attached hydrogens (tertiary/aromatic N) is 1. The van der Waals surface area contributed by atoms with Crippen LogP contribution in [-0.2, 0) is 6.54 Å². The minimum Gasteiger partial charge on any atom is -0.310 e. The number of aromatic nitrogens is 1. The SMILES string of the molecule is CC(CNCc1nccs1)C(C)(C)C. The third-order valence-electron chi connectivity index (χ3n) is 2.69. The van der Waals surface area contributed by atoms with E-state index >= 15 is 0 Å². The van der Waals surface area contributed by atoms with Crippen LogP contribution < -0.4 is 5.32 Å². The first-order valence-corrected chi connectivity index (χ1v) is 5.97. The summed E-state index contributed by atoms with van der Waals surface area (Å²) in [5.74, 6) is 0.683. The molecule has 1 unspecified atom stereocenters. The minimum absolute atomic E-state index is 0.385. The largest absolute Gasteiger partial charge is 0.310 e. The molecule has 0 fully saturated rings. The molecule has 1 atom stereocenters. The van der Waals surface area contributed by atoms with Crippen LogP contribution in [0.15, 0.2) is 11.6 Å². The molecule has 0 radical (unpaired) electrons. The van der Waals surface area contributed by atoms with E-state index in [-0.39, 0.29) is 0 Å². The molecule has 0 amide bonds.